The van der Waals surface area contributed by atoms with Crippen LogP contribution in [0.15, 0.2) is 6.20 Å². The van der Waals surface area contributed by atoms with Crippen LogP contribution in [0.2, 0.25) is 0 Å². The molecule has 0 aromatic carbocycles. The fraction of sp³-hybridized carbons (Fsp3) is 0.600. The molecule has 0 bridgehead atoms. The van der Waals surface area contributed by atoms with Gasteiger partial charge >= 0.3 is 5.97 Å². The molecular formula is C10H16ClN3O2. The van der Waals surface area contributed by atoms with Gasteiger partial charge in [-0.15, -0.1) is 12.4 Å². The van der Waals surface area contributed by atoms with Crippen LogP contribution in [0.4, 0.5) is 5.95 Å². The highest BCUT2D eigenvalue weighted by molar-refractivity contribution is 5.85. The number of anilines is 1. The Morgan fingerprint density at radius 1 is 1.69 bits per heavy atom. The van der Waals surface area contributed by atoms with Crippen molar-refractivity contribution in [2.75, 3.05) is 19.0 Å². The van der Waals surface area contributed by atoms with Crippen molar-refractivity contribution >= 4 is 24.3 Å². The Bertz CT molecular complexity index is 365. The SMILES string of the molecule is COC(=O)CCc1cnc2n1CCCN2.Cl. The molecule has 0 unspecified atom stereocenters. The lowest BCUT2D eigenvalue weighted by molar-refractivity contribution is -0.140. The van der Waals surface area contributed by atoms with E-state index in [0.717, 1.165) is 31.2 Å². The van der Waals surface area contributed by atoms with Crippen molar-refractivity contribution in [2.45, 2.75) is 25.8 Å². The summed E-state index contributed by atoms with van der Waals surface area (Å²) in [6.07, 6.45) is 4.05. The molecule has 0 atom stereocenters. The summed E-state index contributed by atoms with van der Waals surface area (Å²) in [7, 11) is 1.41. The number of methoxy groups -OCH3 is 1. The summed E-state index contributed by atoms with van der Waals surface area (Å²) in [5.41, 5.74) is 1.10. The van der Waals surface area contributed by atoms with Gasteiger partial charge in [0.2, 0.25) is 5.95 Å². The van der Waals surface area contributed by atoms with E-state index in [4.69, 9.17) is 0 Å². The lowest BCUT2D eigenvalue weighted by Crippen LogP contribution is -2.19. The molecule has 2 heterocycles. The fourth-order valence-corrected chi connectivity index (χ4v) is 1.77. The molecule has 1 aromatic rings. The van der Waals surface area contributed by atoms with E-state index in [-0.39, 0.29) is 18.4 Å². The molecule has 5 nitrogen and oxygen atoms in total. The summed E-state index contributed by atoms with van der Waals surface area (Å²) in [6, 6.07) is 0. The number of imidazole rings is 1. The van der Waals surface area contributed by atoms with Crippen LogP contribution < -0.4 is 5.32 Å². The van der Waals surface area contributed by atoms with E-state index in [1.54, 1.807) is 0 Å². The average molecular weight is 246 g/mol. The molecule has 6 heteroatoms. The minimum atomic E-state index is -0.172. The number of hydrogen-bond acceptors (Lipinski definition) is 4. The Morgan fingerprint density at radius 2 is 2.50 bits per heavy atom. The van der Waals surface area contributed by atoms with Crippen molar-refractivity contribution in [1.29, 1.82) is 0 Å². The van der Waals surface area contributed by atoms with Crippen molar-refractivity contribution in [3.63, 3.8) is 0 Å². The number of hydrogen-bond donors (Lipinski definition) is 1. The Morgan fingerprint density at radius 3 is 3.25 bits per heavy atom. The second-order valence-electron chi connectivity index (χ2n) is 3.58. The number of aromatic nitrogens is 2. The third-order valence-electron chi connectivity index (χ3n) is 2.59. The van der Waals surface area contributed by atoms with Crippen LogP contribution in [0.25, 0.3) is 0 Å². The van der Waals surface area contributed by atoms with Crippen LogP contribution in [0, 0.1) is 0 Å². The van der Waals surface area contributed by atoms with Gasteiger partial charge in [-0.25, -0.2) is 4.98 Å². The van der Waals surface area contributed by atoms with Crippen LogP contribution in [0.5, 0.6) is 0 Å². The molecule has 1 aromatic heterocycles. The van der Waals surface area contributed by atoms with Crippen LogP contribution in [-0.4, -0.2) is 29.2 Å². The van der Waals surface area contributed by atoms with E-state index in [2.05, 4.69) is 19.6 Å². The van der Waals surface area contributed by atoms with Gasteiger partial charge in [0.25, 0.3) is 0 Å². The van der Waals surface area contributed by atoms with Gasteiger partial charge in [0.05, 0.1) is 19.7 Å². The maximum absolute atomic E-state index is 11.0. The van der Waals surface area contributed by atoms with Crippen LogP contribution in [0.1, 0.15) is 18.5 Å². The molecule has 0 amide bonds. The predicted molar refractivity (Wildman–Crippen MR) is 62.9 cm³/mol. The zero-order chi connectivity index (χ0) is 10.7. The molecular weight excluding hydrogens is 230 g/mol. The van der Waals surface area contributed by atoms with E-state index in [9.17, 15) is 4.79 Å². The van der Waals surface area contributed by atoms with Gasteiger partial charge in [-0.05, 0) is 12.8 Å². The lowest BCUT2D eigenvalue weighted by atomic mass is 10.2. The van der Waals surface area contributed by atoms with Crippen LogP contribution in [0.3, 0.4) is 0 Å². The second kappa shape index (κ2) is 5.75. The monoisotopic (exact) mass is 245 g/mol. The minimum Gasteiger partial charge on any atom is -0.469 e. The first-order valence-electron chi connectivity index (χ1n) is 5.16. The minimum absolute atomic E-state index is 0. The molecule has 16 heavy (non-hydrogen) atoms. The highest BCUT2D eigenvalue weighted by Gasteiger charge is 2.14. The highest BCUT2D eigenvalue weighted by atomic mass is 35.5. The Hall–Kier alpha value is -1.23. The van der Waals surface area contributed by atoms with E-state index in [1.807, 2.05) is 6.20 Å². The van der Waals surface area contributed by atoms with Crippen LogP contribution in [-0.2, 0) is 22.5 Å². The maximum Gasteiger partial charge on any atom is 0.305 e. The fourth-order valence-electron chi connectivity index (χ4n) is 1.77. The number of esters is 1. The van der Waals surface area contributed by atoms with Crippen LogP contribution >= 0.6 is 12.4 Å². The van der Waals surface area contributed by atoms with E-state index < -0.39 is 0 Å². The van der Waals surface area contributed by atoms with Crippen molar-refractivity contribution in [1.82, 2.24) is 9.55 Å². The lowest BCUT2D eigenvalue weighted by Gasteiger charge is -2.17. The first kappa shape index (κ1) is 12.8. The Balaban J connectivity index is 0.00000128. The summed E-state index contributed by atoms with van der Waals surface area (Å²) in [5, 5.41) is 3.22. The number of halogens is 1. The molecule has 1 aliphatic rings. The first-order valence-corrected chi connectivity index (χ1v) is 5.16. The van der Waals surface area contributed by atoms with Gasteiger partial charge in [-0.1, -0.05) is 0 Å². The molecule has 0 saturated carbocycles. The standard InChI is InChI=1S/C10H15N3O2.ClH/c1-15-9(14)4-3-8-7-12-10-11-5-2-6-13(8)10;/h7H,2-6H2,1H3,(H,11,12);1H. The van der Waals surface area contributed by atoms with Crippen molar-refractivity contribution in [3.8, 4) is 0 Å². The molecule has 2 rings (SSSR count). The number of carbonyl (C=O) groups excluding carboxylic acids is 1. The Kier molecular flexibility index (Phi) is 4.61. The molecule has 0 fully saturated rings. The molecule has 0 radical (unpaired) electrons. The topological polar surface area (TPSA) is 56.1 Å². The summed E-state index contributed by atoms with van der Waals surface area (Å²) in [6.45, 7) is 1.96. The van der Waals surface area contributed by atoms with Gasteiger partial charge in [-0.3, -0.25) is 4.79 Å². The number of ether oxygens (including phenoxy) is 1. The second-order valence-corrected chi connectivity index (χ2v) is 3.58. The van der Waals surface area contributed by atoms with Gasteiger partial charge in [-0.2, -0.15) is 0 Å². The number of rotatable bonds is 3. The van der Waals surface area contributed by atoms with E-state index in [1.165, 1.54) is 7.11 Å². The molecule has 1 N–H and O–H groups in total. The zero-order valence-corrected chi connectivity index (χ0v) is 10.0. The smallest absolute Gasteiger partial charge is 0.305 e. The van der Waals surface area contributed by atoms with Gasteiger partial charge in [0.15, 0.2) is 0 Å². The highest BCUT2D eigenvalue weighted by Crippen LogP contribution is 2.16. The summed E-state index contributed by atoms with van der Waals surface area (Å²) in [5.74, 6) is 0.746. The average Bonchev–Trinajstić information content (AvgIpc) is 2.69. The summed E-state index contributed by atoms with van der Waals surface area (Å²) < 4.78 is 6.74. The number of carbonyl (C=O) groups is 1. The molecule has 1 aliphatic heterocycles. The number of fused-ring (bicyclic) bond motifs is 1. The Labute approximate surface area is 101 Å². The molecule has 0 aliphatic carbocycles. The molecule has 0 spiro atoms. The van der Waals surface area contributed by atoms with Crippen molar-refractivity contribution < 1.29 is 9.53 Å². The number of nitrogens with one attached hydrogen (secondary N) is 1. The van der Waals surface area contributed by atoms with Crippen molar-refractivity contribution in [2.24, 2.45) is 0 Å². The third-order valence-corrected chi connectivity index (χ3v) is 2.59. The summed E-state index contributed by atoms with van der Waals surface area (Å²) >= 11 is 0. The predicted octanol–water partition coefficient (Wildman–Crippen LogP) is 1.23. The number of aryl methyl sites for hydroxylation is 1. The quantitative estimate of drug-likeness (QED) is 0.814. The van der Waals surface area contributed by atoms with E-state index in [0.29, 0.717) is 12.8 Å². The third kappa shape index (κ3) is 2.66. The zero-order valence-electron chi connectivity index (χ0n) is 9.23. The molecule has 0 saturated heterocycles. The maximum atomic E-state index is 11.0. The first-order chi connectivity index (χ1) is 7.31. The summed E-state index contributed by atoms with van der Waals surface area (Å²) in [4.78, 5) is 15.3. The normalized spacial score (nSPS) is 13.3. The van der Waals surface area contributed by atoms with Gasteiger partial charge in [0, 0.05) is 18.8 Å². The largest absolute Gasteiger partial charge is 0.469 e. The van der Waals surface area contributed by atoms with Crippen molar-refractivity contribution in [3.05, 3.63) is 11.9 Å². The van der Waals surface area contributed by atoms with Gasteiger partial charge in [0.1, 0.15) is 0 Å². The van der Waals surface area contributed by atoms with Gasteiger partial charge < -0.3 is 14.6 Å². The van der Waals surface area contributed by atoms with E-state index >= 15 is 0 Å². The number of nitrogens with zero attached hydrogens (tertiary/aromatic N) is 2. The molecule has 90 valence electrons.